The van der Waals surface area contributed by atoms with E-state index in [1.54, 1.807) is 0 Å². The van der Waals surface area contributed by atoms with E-state index in [2.05, 4.69) is 23.4 Å². The second kappa shape index (κ2) is 7.35. The molecule has 2 heterocycles. The summed E-state index contributed by atoms with van der Waals surface area (Å²) in [5, 5.41) is 17.1. The zero-order valence-electron chi connectivity index (χ0n) is 15.4. The van der Waals surface area contributed by atoms with Crippen molar-refractivity contribution >= 4 is 5.69 Å². The van der Waals surface area contributed by atoms with E-state index < -0.39 is 0 Å². The van der Waals surface area contributed by atoms with E-state index in [-0.39, 0.29) is 12.7 Å². The van der Waals surface area contributed by atoms with E-state index in [0.29, 0.717) is 19.7 Å². The molecule has 1 aromatic heterocycles. The van der Waals surface area contributed by atoms with Crippen molar-refractivity contribution in [3.63, 3.8) is 0 Å². The smallest absolute Gasteiger partial charge is 0.142 e. The van der Waals surface area contributed by atoms with Gasteiger partial charge in [0.05, 0.1) is 31.1 Å². The molecule has 1 aliphatic heterocycles. The highest BCUT2D eigenvalue weighted by Crippen LogP contribution is 2.38. The van der Waals surface area contributed by atoms with Gasteiger partial charge in [-0.1, -0.05) is 0 Å². The molecule has 0 aliphatic carbocycles. The van der Waals surface area contributed by atoms with Gasteiger partial charge in [-0.2, -0.15) is 5.10 Å². The quantitative estimate of drug-likeness (QED) is 0.808. The monoisotopic (exact) mass is 345 g/mol. The van der Waals surface area contributed by atoms with Crippen LogP contribution in [0.25, 0.3) is 0 Å². The van der Waals surface area contributed by atoms with Gasteiger partial charge in [-0.3, -0.25) is 4.68 Å². The number of nitrogens with one attached hydrogen (secondary N) is 1. The van der Waals surface area contributed by atoms with Gasteiger partial charge in [0.2, 0.25) is 0 Å². The molecule has 1 unspecified atom stereocenters. The molecule has 136 valence electrons. The Balaban J connectivity index is 1.82. The zero-order chi connectivity index (χ0) is 18.0. The van der Waals surface area contributed by atoms with Gasteiger partial charge in [-0.25, -0.2) is 0 Å². The van der Waals surface area contributed by atoms with Crippen LogP contribution in [-0.2, 0) is 19.5 Å². The lowest BCUT2D eigenvalue weighted by atomic mass is 10.1. The Bertz CT molecular complexity index is 755. The van der Waals surface area contributed by atoms with Gasteiger partial charge in [-0.15, -0.1) is 0 Å². The standard InChI is InChI=1S/C19H27N3O3/c1-5-24-19-9-15-8-12(2)25-18(15)10-17(19)20-11-16-13(3)21-22(6-7-23)14(16)4/h9-10,12,20,23H,5-8,11H2,1-4H3. The number of hydrogen-bond donors (Lipinski definition) is 2. The third kappa shape index (κ3) is 3.58. The third-order valence-corrected chi connectivity index (χ3v) is 4.60. The minimum absolute atomic E-state index is 0.0870. The summed E-state index contributed by atoms with van der Waals surface area (Å²) in [6.07, 6.45) is 1.13. The summed E-state index contributed by atoms with van der Waals surface area (Å²) in [5.74, 6) is 1.79. The Morgan fingerprint density at radius 2 is 2.20 bits per heavy atom. The maximum atomic E-state index is 9.15. The number of aliphatic hydroxyl groups excluding tert-OH is 1. The predicted octanol–water partition coefficient (Wildman–Crippen LogP) is 2.83. The Morgan fingerprint density at radius 1 is 1.40 bits per heavy atom. The van der Waals surface area contributed by atoms with Crippen LogP contribution in [0.1, 0.15) is 36.4 Å². The molecule has 25 heavy (non-hydrogen) atoms. The molecule has 0 amide bonds. The van der Waals surface area contributed by atoms with E-state index in [9.17, 15) is 0 Å². The van der Waals surface area contributed by atoms with Crippen LogP contribution in [0.3, 0.4) is 0 Å². The number of aromatic nitrogens is 2. The fourth-order valence-electron chi connectivity index (χ4n) is 3.34. The Labute approximate surface area is 148 Å². The van der Waals surface area contributed by atoms with Gasteiger partial charge in [0.15, 0.2) is 0 Å². The molecule has 0 saturated heterocycles. The molecule has 1 aromatic carbocycles. The van der Waals surface area contributed by atoms with Crippen LogP contribution in [0, 0.1) is 13.8 Å². The molecular formula is C19H27N3O3. The first-order chi connectivity index (χ1) is 12.0. The maximum Gasteiger partial charge on any atom is 0.142 e. The second-order valence-corrected chi connectivity index (χ2v) is 6.47. The van der Waals surface area contributed by atoms with Crippen LogP contribution in [0.15, 0.2) is 12.1 Å². The summed E-state index contributed by atoms with van der Waals surface area (Å²) in [7, 11) is 0. The highest BCUT2D eigenvalue weighted by molar-refractivity contribution is 5.63. The van der Waals surface area contributed by atoms with Crippen LogP contribution in [0.5, 0.6) is 11.5 Å². The van der Waals surface area contributed by atoms with Gasteiger partial charge in [-0.05, 0) is 33.8 Å². The highest BCUT2D eigenvalue weighted by Gasteiger charge is 2.22. The molecule has 2 aromatic rings. The largest absolute Gasteiger partial charge is 0.492 e. The molecule has 3 rings (SSSR count). The molecule has 6 nitrogen and oxygen atoms in total. The van der Waals surface area contributed by atoms with Crippen LogP contribution >= 0.6 is 0 Å². The molecule has 0 fully saturated rings. The fraction of sp³-hybridized carbons (Fsp3) is 0.526. The van der Waals surface area contributed by atoms with Crippen LogP contribution in [-0.4, -0.2) is 34.2 Å². The molecule has 0 radical (unpaired) electrons. The minimum atomic E-state index is 0.0870. The molecule has 0 spiro atoms. The van der Waals surface area contributed by atoms with E-state index in [1.807, 2.05) is 31.5 Å². The molecule has 1 aliphatic rings. The van der Waals surface area contributed by atoms with E-state index in [4.69, 9.17) is 14.6 Å². The average molecular weight is 345 g/mol. The number of aryl methyl sites for hydroxylation is 1. The Morgan fingerprint density at radius 3 is 2.92 bits per heavy atom. The van der Waals surface area contributed by atoms with Gasteiger partial charge in [0.25, 0.3) is 0 Å². The third-order valence-electron chi connectivity index (χ3n) is 4.60. The highest BCUT2D eigenvalue weighted by atomic mass is 16.5. The normalized spacial score (nSPS) is 15.8. The summed E-state index contributed by atoms with van der Waals surface area (Å²) in [6, 6.07) is 4.12. The Hall–Kier alpha value is -2.21. The summed E-state index contributed by atoms with van der Waals surface area (Å²) >= 11 is 0. The molecule has 6 heteroatoms. The predicted molar refractivity (Wildman–Crippen MR) is 97.5 cm³/mol. The first kappa shape index (κ1) is 17.6. The summed E-state index contributed by atoms with van der Waals surface area (Å²) in [5.41, 5.74) is 5.32. The number of aliphatic hydroxyl groups is 1. The lowest BCUT2D eigenvalue weighted by molar-refractivity contribution is 0.254. The summed E-state index contributed by atoms with van der Waals surface area (Å²) in [4.78, 5) is 0. The molecule has 1 atom stereocenters. The number of ether oxygens (including phenoxy) is 2. The summed E-state index contributed by atoms with van der Waals surface area (Å²) in [6.45, 7) is 9.97. The number of hydrogen-bond acceptors (Lipinski definition) is 5. The molecule has 0 saturated carbocycles. The van der Waals surface area contributed by atoms with Crippen molar-refractivity contribution in [1.29, 1.82) is 0 Å². The second-order valence-electron chi connectivity index (χ2n) is 6.47. The van der Waals surface area contributed by atoms with Gasteiger partial charge in [0.1, 0.15) is 17.6 Å². The van der Waals surface area contributed by atoms with Crippen molar-refractivity contribution in [3.8, 4) is 11.5 Å². The fourth-order valence-corrected chi connectivity index (χ4v) is 3.34. The maximum absolute atomic E-state index is 9.15. The average Bonchev–Trinajstić information content (AvgIpc) is 3.05. The molecular weight excluding hydrogens is 318 g/mol. The van der Waals surface area contributed by atoms with E-state index in [0.717, 1.165) is 40.6 Å². The minimum Gasteiger partial charge on any atom is -0.492 e. The van der Waals surface area contributed by atoms with Crippen LogP contribution in [0.2, 0.25) is 0 Å². The molecule has 0 bridgehead atoms. The van der Waals surface area contributed by atoms with Crippen molar-refractivity contribution in [3.05, 3.63) is 34.6 Å². The van der Waals surface area contributed by atoms with Gasteiger partial charge < -0.3 is 19.9 Å². The Kier molecular flexibility index (Phi) is 5.18. The van der Waals surface area contributed by atoms with Gasteiger partial charge >= 0.3 is 0 Å². The van der Waals surface area contributed by atoms with E-state index in [1.165, 1.54) is 5.56 Å². The van der Waals surface area contributed by atoms with Crippen molar-refractivity contribution in [1.82, 2.24) is 9.78 Å². The van der Waals surface area contributed by atoms with E-state index >= 15 is 0 Å². The van der Waals surface area contributed by atoms with Crippen LogP contribution < -0.4 is 14.8 Å². The number of anilines is 1. The zero-order valence-corrected chi connectivity index (χ0v) is 15.4. The topological polar surface area (TPSA) is 68.5 Å². The first-order valence-corrected chi connectivity index (χ1v) is 8.87. The number of fused-ring (bicyclic) bond motifs is 1. The van der Waals surface area contributed by atoms with Crippen LogP contribution in [0.4, 0.5) is 5.69 Å². The lowest BCUT2D eigenvalue weighted by Gasteiger charge is -2.14. The van der Waals surface area contributed by atoms with Crippen molar-refractivity contribution in [2.75, 3.05) is 18.5 Å². The van der Waals surface area contributed by atoms with Crippen molar-refractivity contribution in [2.45, 2.75) is 53.3 Å². The lowest BCUT2D eigenvalue weighted by Crippen LogP contribution is -2.07. The number of benzene rings is 1. The number of rotatable bonds is 7. The first-order valence-electron chi connectivity index (χ1n) is 8.87. The van der Waals surface area contributed by atoms with Crippen molar-refractivity contribution < 1.29 is 14.6 Å². The molecule has 2 N–H and O–H groups in total. The number of nitrogens with zero attached hydrogens (tertiary/aromatic N) is 2. The SMILES string of the molecule is CCOc1cc2c(cc1NCc1c(C)nn(CCO)c1C)OC(C)C2. The van der Waals surface area contributed by atoms with Gasteiger partial charge in [0, 0.05) is 35.9 Å². The van der Waals surface area contributed by atoms with Crippen molar-refractivity contribution in [2.24, 2.45) is 0 Å². The summed E-state index contributed by atoms with van der Waals surface area (Å²) < 4.78 is 13.5.